The number of pyridine rings is 1. The third-order valence-corrected chi connectivity index (χ3v) is 16.4. The van der Waals surface area contributed by atoms with Gasteiger partial charge in [0.25, 0.3) is 0 Å². The predicted octanol–water partition coefficient (Wildman–Crippen LogP) is 9.06. The van der Waals surface area contributed by atoms with Gasteiger partial charge in [-0.05, 0) is 154 Å². The van der Waals surface area contributed by atoms with Crippen LogP contribution in [-0.4, -0.2) is 113 Å². The zero-order valence-electron chi connectivity index (χ0n) is 37.3. The Hall–Kier alpha value is -5.11. The number of nitrogens with zero attached hydrogens (tertiary/aromatic N) is 6. The number of aromatic nitrogens is 3. The number of benzene rings is 3. The third-order valence-electron chi connectivity index (χ3n) is 16.4. The normalized spacial score (nSPS) is 23.5. The Kier molecular flexibility index (Phi) is 10.9. The van der Waals surface area contributed by atoms with Crippen molar-refractivity contribution in [3.8, 4) is 23.0 Å². The van der Waals surface area contributed by atoms with E-state index in [-0.39, 0.29) is 39.8 Å². The van der Waals surface area contributed by atoms with Crippen LogP contribution in [-0.2, 0) is 11.2 Å². The molecule has 13 heteroatoms. The first-order chi connectivity index (χ1) is 31.6. The molecule has 11 rings (SSSR count). The summed E-state index contributed by atoms with van der Waals surface area (Å²) in [7, 11) is 0. The van der Waals surface area contributed by atoms with Crippen LogP contribution in [0.5, 0.6) is 11.8 Å². The molecule has 0 amide bonds. The summed E-state index contributed by atoms with van der Waals surface area (Å²) >= 11 is 0. The van der Waals surface area contributed by atoms with Crippen molar-refractivity contribution in [2.75, 3.05) is 63.9 Å². The first kappa shape index (κ1) is 42.5. The number of hydrogen-bond acceptors (Lipinski definition) is 11. The Bertz CT molecular complexity index is 2660. The van der Waals surface area contributed by atoms with Gasteiger partial charge < -0.3 is 29.3 Å². The van der Waals surface area contributed by atoms with Gasteiger partial charge in [-0.25, -0.2) is 8.78 Å². The largest absolute Gasteiger partial charge is 0.508 e. The molecule has 1 unspecified atom stereocenters. The van der Waals surface area contributed by atoms with Gasteiger partial charge in [0.15, 0.2) is 18.4 Å². The minimum Gasteiger partial charge on any atom is -0.508 e. The van der Waals surface area contributed by atoms with Gasteiger partial charge in [-0.3, -0.25) is 14.6 Å². The second-order valence-corrected chi connectivity index (χ2v) is 20.4. The van der Waals surface area contributed by atoms with Crippen molar-refractivity contribution in [2.45, 2.75) is 102 Å². The molecule has 6 heterocycles. The number of aldehydes is 2. The second kappa shape index (κ2) is 16.6. The summed E-state index contributed by atoms with van der Waals surface area (Å²) in [6.07, 6.45) is 15.6. The van der Waals surface area contributed by atoms with Crippen LogP contribution in [0.2, 0.25) is 0 Å². The highest BCUT2D eigenvalue weighted by molar-refractivity contribution is 6.02. The number of phenols is 1. The van der Waals surface area contributed by atoms with E-state index in [0.29, 0.717) is 81.2 Å². The van der Waals surface area contributed by atoms with Gasteiger partial charge in [0.2, 0.25) is 0 Å². The van der Waals surface area contributed by atoms with Crippen molar-refractivity contribution in [1.82, 2.24) is 24.8 Å². The van der Waals surface area contributed by atoms with Gasteiger partial charge in [-0.1, -0.05) is 25.1 Å². The maximum Gasteiger partial charge on any atom is 0.319 e. The van der Waals surface area contributed by atoms with E-state index < -0.39 is 5.82 Å². The molecule has 65 heavy (non-hydrogen) atoms. The zero-order chi connectivity index (χ0) is 44.5. The number of phenolic OH excluding ortho intramolecular Hbond substituents is 1. The second-order valence-electron chi connectivity index (χ2n) is 20.4. The molecule has 1 N–H and O–H groups in total. The lowest BCUT2D eigenvalue weighted by atomic mass is 9.59. The Balaban J connectivity index is 0.769. The highest BCUT2D eigenvalue weighted by Crippen LogP contribution is 2.53. The Morgan fingerprint density at radius 1 is 0.908 bits per heavy atom. The van der Waals surface area contributed by atoms with Gasteiger partial charge in [-0.2, -0.15) is 9.97 Å². The molecule has 0 radical (unpaired) electrons. The maximum absolute atomic E-state index is 17.2. The number of ether oxygens (including phenoxy) is 2. The summed E-state index contributed by atoms with van der Waals surface area (Å²) in [6.45, 7) is 9.67. The number of likely N-dealkylation sites (tertiary alicyclic amines) is 2. The van der Waals surface area contributed by atoms with Crippen LogP contribution in [0.25, 0.3) is 32.9 Å². The van der Waals surface area contributed by atoms with Crippen LogP contribution in [0.4, 0.5) is 14.6 Å². The zero-order valence-corrected chi connectivity index (χ0v) is 37.3. The number of rotatable bonds is 12. The van der Waals surface area contributed by atoms with Crippen LogP contribution in [0.15, 0.2) is 48.7 Å². The fourth-order valence-corrected chi connectivity index (χ4v) is 12.2. The number of anilines is 1. The first-order valence-corrected chi connectivity index (χ1v) is 23.9. The summed E-state index contributed by atoms with van der Waals surface area (Å²) < 4.78 is 45.0. The first-order valence-electron chi connectivity index (χ1n) is 23.9. The van der Waals surface area contributed by atoms with E-state index in [4.69, 9.17) is 19.4 Å². The van der Waals surface area contributed by atoms with Crippen molar-refractivity contribution in [3.05, 3.63) is 82.5 Å². The summed E-state index contributed by atoms with van der Waals surface area (Å²) in [5, 5.41) is 12.3. The number of hydrogen-bond donors (Lipinski definition) is 1. The number of halogens is 2. The number of carbonyl (C=O) groups is 2. The molecule has 6 aliphatic rings. The Labute approximate surface area is 378 Å². The van der Waals surface area contributed by atoms with Gasteiger partial charge in [0, 0.05) is 60.4 Å². The maximum atomic E-state index is 17.2. The van der Waals surface area contributed by atoms with Gasteiger partial charge >= 0.3 is 6.01 Å². The van der Waals surface area contributed by atoms with Crippen molar-refractivity contribution in [3.63, 3.8) is 0 Å². The van der Waals surface area contributed by atoms with Crippen LogP contribution < -0.4 is 9.64 Å². The lowest BCUT2D eigenvalue weighted by Gasteiger charge is -2.56. The minimum absolute atomic E-state index is 0.00642. The average Bonchev–Trinajstić information content (AvgIpc) is 4.08. The van der Waals surface area contributed by atoms with Crippen LogP contribution in [0.1, 0.15) is 115 Å². The molecule has 340 valence electrons. The molecule has 5 aromatic rings. The van der Waals surface area contributed by atoms with Crippen LogP contribution >= 0.6 is 0 Å². The molecule has 4 aliphatic heterocycles. The predicted molar refractivity (Wildman–Crippen MR) is 245 cm³/mol. The quantitative estimate of drug-likeness (QED) is 0.121. The molecule has 2 aromatic heterocycles. The molecule has 11 nitrogen and oxygen atoms in total. The summed E-state index contributed by atoms with van der Waals surface area (Å²) in [5.74, 6) is -0.114. The number of aromatic hydroxyl groups is 1. The van der Waals surface area contributed by atoms with E-state index in [1.54, 1.807) is 24.4 Å². The lowest BCUT2D eigenvalue weighted by molar-refractivity contribution is -0.151. The van der Waals surface area contributed by atoms with Crippen LogP contribution in [0, 0.1) is 22.5 Å². The molecule has 6 fully saturated rings. The molecule has 2 saturated carbocycles. The topological polar surface area (TPSA) is 121 Å². The van der Waals surface area contributed by atoms with Crippen molar-refractivity contribution in [1.29, 1.82) is 0 Å². The fourth-order valence-electron chi connectivity index (χ4n) is 12.2. The molecule has 1 atom stereocenters. The number of aryl methyl sites for hydroxylation is 1. The standard InChI is InChI=1S/C52H58F2N6O5/c1-2-40-43(53)7-6-35-23-39(63)24-41(44(35)40)46-45(54)47-42(27-55-46)48(60-16-3-10-52(31-60)15-21-65-52)57-49(56-47)64-32-51(11-12-51)30-58-19-13-50(14-20-58)25-38(26-50)59-17-8-33(9-18-59)34-4-5-36(28-61)37(22-34)29-62/h4-7,22-24,27-29,33,38,63H,2-3,8-21,25-26,30-32H2,1H3. The SMILES string of the molecule is CCc1c(F)ccc2cc(O)cc(-c3ncc4c(N5CCCC6(CCO6)C5)nc(OCC5(CN6CCC7(CC6)CC(N6CCC(c8ccc(C=O)c(C=O)c8)CC6)C7)CC5)nc4c3F)c12. The summed E-state index contributed by atoms with van der Waals surface area (Å²) in [5.41, 5.74) is 3.13. The fraction of sp³-hybridized carbons (Fsp3) is 0.519. The number of fused-ring (bicyclic) bond motifs is 2. The lowest BCUT2D eigenvalue weighted by Crippen LogP contribution is -2.56. The van der Waals surface area contributed by atoms with Crippen molar-refractivity contribution < 1.29 is 33.0 Å². The van der Waals surface area contributed by atoms with Crippen molar-refractivity contribution >= 4 is 40.1 Å². The Morgan fingerprint density at radius 2 is 1.69 bits per heavy atom. The molecule has 2 spiro atoms. The monoisotopic (exact) mass is 884 g/mol. The third kappa shape index (κ3) is 7.84. The van der Waals surface area contributed by atoms with E-state index in [0.717, 1.165) is 103 Å². The number of piperidine rings is 3. The van der Waals surface area contributed by atoms with E-state index >= 15 is 8.78 Å². The van der Waals surface area contributed by atoms with Gasteiger partial charge in [-0.15, -0.1) is 0 Å². The summed E-state index contributed by atoms with van der Waals surface area (Å²) in [4.78, 5) is 44.7. The van der Waals surface area contributed by atoms with Crippen LogP contribution in [0.3, 0.4) is 0 Å². The smallest absolute Gasteiger partial charge is 0.319 e. The molecule has 3 aromatic carbocycles. The minimum atomic E-state index is -0.664. The molecule has 0 bridgehead atoms. The molecular weight excluding hydrogens is 827 g/mol. The van der Waals surface area contributed by atoms with Gasteiger partial charge in [0.1, 0.15) is 28.6 Å². The van der Waals surface area contributed by atoms with Gasteiger partial charge in [0.05, 0.1) is 24.2 Å². The average molecular weight is 885 g/mol. The van der Waals surface area contributed by atoms with E-state index in [9.17, 15) is 14.7 Å². The highest BCUT2D eigenvalue weighted by Gasteiger charge is 2.51. The van der Waals surface area contributed by atoms with E-state index in [1.807, 2.05) is 19.1 Å². The van der Waals surface area contributed by atoms with E-state index in [1.165, 1.54) is 43.4 Å². The Morgan fingerprint density at radius 3 is 2.40 bits per heavy atom. The molecule has 4 saturated heterocycles. The highest BCUT2D eigenvalue weighted by atomic mass is 19.1. The number of carbonyl (C=O) groups excluding carboxylic acids is 2. The molecular formula is C52H58F2N6O5. The van der Waals surface area contributed by atoms with E-state index in [2.05, 4.69) is 19.7 Å². The van der Waals surface area contributed by atoms with Crippen molar-refractivity contribution in [2.24, 2.45) is 10.8 Å². The molecule has 2 aliphatic carbocycles. The summed E-state index contributed by atoms with van der Waals surface area (Å²) in [6, 6.07) is 12.5.